The predicted molar refractivity (Wildman–Crippen MR) is 79.5 cm³/mol. The zero-order valence-corrected chi connectivity index (χ0v) is 12.3. The SMILES string of the molecule is CCn1cc(-c2nncn2-c2cc(C)ccc2OC)cn1. The average Bonchev–Trinajstić information content (AvgIpc) is 3.15. The van der Waals surface area contributed by atoms with E-state index in [2.05, 4.69) is 21.4 Å². The van der Waals surface area contributed by atoms with Crippen LogP contribution >= 0.6 is 0 Å². The van der Waals surface area contributed by atoms with Gasteiger partial charge in [-0.2, -0.15) is 5.10 Å². The minimum Gasteiger partial charge on any atom is -0.495 e. The van der Waals surface area contributed by atoms with Gasteiger partial charge in [0.05, 0.1) is 24.6 Å². The van der Waals surface area contributed by atoms with E-state index in [4.69, 9.17) is 4.74 Å². The van der Waals surface area contributed by atoms with Crippen LogP contribution in [0.2, 0.25) is 0 Å². The second kappa shape index (κ2) is 5.40. The van der Waals surface area contributed by atoms with Crippen LogP contribution in [-0.4, -0.2) is 31.7 Å². The zero-order valence-electron chi connectivity index (χ0n) is 12.3. The van der Waals surface area contributed by atoms with E-state index in [9.17, 15) is 0 Å². The molecule has 0 aliphatic carbocycles. The van der Waals surface area contributed by atoms with E-state index in [1.165, 1.54) is 0 Å². The van der Waals surface area contributed by atoms with Crippen LogP contribution < -0.4 is 4.74 Å². The summed E-state index contributed by atoms with van der Waals surface area (Å²) in [5.41, 5.74) is 2.99. The number of ether oxygens (including phenoxy) is 1. The second-order valence-electron chi connectivity index (χ2n) is 4.78. The Hall–Kier alpha value is -2.63. The van der Waals surface area contributed by atoms with Gasteiger partial charge in [0, 0.05) is 12.7 Å². The maximum atomic E-state index is 5.44. The third-order valence-corrected chi connectivity index (χ3v) is 3.36. The highest BCUT2D eigenvalue weighted by Gasteiger charge is 2.14. The van der Waals surface area contributed by atoms with Gasteiger partial charge in [0.15, 0.2) is 5.82 Å². The molecule has 0 radical (unpaired) electrons. The number of nitrogens with zero attached hydrogens (tertiary/aromatic N) is 5. The van der Waals surface area contributed by atoms with Crippen molar-refractivity contribution in [1.29, 1.82) is 0 Å². The van der Waals surface area contributed by atoms with Crippen LogP contribution in [0.4, 0.5) is 0 Å². The Bertz CT molecular complexity index is 759. The van der Waals surface area contributed by atoms with Crippen LogP contribution in [0.15, 0.2) is 36.9 Å². The van der Waals surface area contributed by atoms with Crippen molar-refractivity contribution < 1.29 is 4.74 Å². The Labute approximate surface area is 123 Å². The summed E-state index contributed by atoms with van der Waals surface area (Å²) in [5, 5.41) is 12.5. The lowest BCUT2D eigenvalue weighted by Crippen LogP contribution is -2.00. The van der Waals surface area contributed by atoms with Crippen molar-refractivity contribution in [1.82, 2.24) is 24.5 Å². The lowest BCUT2D eigenvalue weighted by molar-refractivity contribution is 0.413. The molecule has 2 aromatic heterocycles. The molecule has 0 fully saturated rings. The van der Waals surface area contributed by atoms with Gasteiger partial charge in [0.1, 0.15) is 12.1 Å². The quantitative estimate of drug-likeness (QED) is 0.738. The Morgan fingerprint density at radius 3 is 2.86 bits per heavy atom. The minimum atomic E-state index is 0.749. The molecule has 0 spiro atoms. The van der Waals surface area contributed by atoms with Crippen molar-refractivity contribution in [2.75, 3.05) is 7.11 Å². The molecule has 0 bridgehead atoms. The highest BCUT2D eigenvalue weighted by Crippen LogP contribution is 2.28. The Morgan fingerprint density at radius 2 is 2.14 bits per heavy atom. The molecule has 0 aliphatic rings. The molecule has 0 atom stereocenters. The number of aryl methyl sites for hydroxylation is 2. The number of methoxy groups -OCH3 is 1. The molecule has 0 N–H and O–H groups in total. The van der Waals surface area contributed by atoms with E-state index in [-0.39, 0.29) is 0 Å². The first-order valence-electron chi connectivity index (χ1n) is 6.80. The van der Waals surface area contributed by atoms with Gasteiger partial charge in [-0.3, -0.25) is 9.25 Å². The minimum absolute atomic E-state index is 0.749. The Morgan fingerprint density at radius 1 is 1.29 bits per heavy atom. The molecule has 6 nitrogen and oxygen atoms in total. The van der Waals surface area contributed by atoms with Crippen molar-refractivity contribution in [3.8, 4) is 22.8 Å². The van der Waals surface area contributed by atoms with E-state index in [0.717, 1.165) is 34.9 Å². The van der Waals surface area contributed by atoms with Crippen LogP contribution in [0.1, 0.15) is 12.5 Å². The molecule has 1 aromatic carbocycles. The van der Waals surface area contributed by atoms with Crippen molar-refractivity contribution in [2.45, 2.75) is 20.4 Å². The summed E-state index contributed by atoms with van der Waals surface area (Å²) in [7, 11) is 1.66. The Balaban J connectivity index is 2.13. The third kappa shape index (κ3) is 2.40. The number of aromatic nitrogens is 5. The first kappa shape index (κ1) is 13.4. The monoisotopic (exact) mass is 283 g/mol. The smallest absolute Gasteiger partial charge is 0.171 e. The van der Waals surface area contributed by atoms with Gasteiger partial charge in [-0.15, -0.1) is 10.2 Å². The van der Waals surface area contributed by atoms with Crippen LogP contribution in [0.5, 0.6) is 5.75 Å². The second-order valence-corrected chi connectivity index (χ2v) is 4.78. The van der Waals surface area contributed by atoms with Crippen molar-refractivity contribution in [2.24, 2.45) is 0 Å². The molecule has 108 valence electrons. The lowest BCUT2D eigenvalue weighted by Gasteiger charge is -2.11. The van der Waals surface area contributed by atoms with Gasteiger partial charge in [-0.05, 0) is 31.5 Å². The highest BCUT2D eigenvalue weighted by atomic mass is 16.5. The van der Waals surface area contributed by atoms with Gasteiger partial charge in [-0.25, -0.2) is 0 Å². The largest absolute Gasteiger partial charge is 0.495 e. The first-order chi connectivity index (χ1) is 10.2. The standard InChI is InChI=1S/C15H17N5O/c1-4-19-9-12(8-17-19)15-18-16-10-20(15)13-7-11(2)5-6-14(13)21-3/h5-10H,4H2,1-3H3. The molecule has 0 unspecified atom stereocenters. The van der Waals surface area contributed by atoms with Gasteiger partial charge in [0.25, 0.3) is 0 Å². The van der Waals surface area contributed by atoms with Crippen LogP contribution in [0, 0.1) is 6.92 Å². The number of hydrogen-bond donors (Lipinski definition) is 0. The average molecular weight is 283 g/mol. The summed E-state index contributed by atoms with van der Waals surface area (Å²) >= 11 is 0. The van der Waals surface area contributed by atoms with E-state index in [0.29, 0.717) is 0 Å². The molecule has 3 aromatic rings. The fourth-order valence-corrected chi connectivity index (χ4v) is 2.25. The summed E-state index contributed by atoms with van der Waals surface area (Å²) < 4.78 is 9.23. The maximum absolute atomic E-state index is 5.44. The van der Waals surface area contributed by atoms with E-state index >= 15 is 0 Å². The van der Waals surface area contributed by atoms with Crippen molar-refractivity contribution in [3.05, 3.63) is 42.5 Å². The molecular weight excluding hydrogens is 266 g/mol. The van der Waals surface area contributed by atoms with Gasteiger partial charge < -0.3 is 4.74 Å². The Kier molecular flexibility index (Phi) is 3.43. The fourth-order valence-electron chi connectivity index (χ4n) is 2.25. The van der Waals surface area contributed by atoms with Crippen LogP contribution in [0.25, 0.3) is 17.1 Å². The zero-order chi connectivity index (χ0) is 14.8. The molecule has 0 saturated carbocycles. The van der Waals surface area contributed by atoms with Crippen molar-refractivity contribution >= 4 is 0 Å². The molecule has 0 amide bonds. The van der Waals surface area contributed by atoms with E-state index < -0.39 is 0 Å². The summed E-state index contributed by atoms with van der Waals surface area (Å²) in [5.74, 6) is 1.53. The van der Waals surface area contributed by atoms with Crippen LogP contribution in [0.3, 0.4) is 0 Å². The predicted octanol–water partition coefficient (Wildman–Crippen LogP) is 2.47. The molecule has 2 heterocycles. The maximum Gasteiger partial charge on any atom is 0.171 e. The lowest BCUT2D eigenvalue weighted by atomic mass is 10.2. The number of rotatable bonds is 4. The molecular formula is C15H17N5O. The summed E-state index contributed by atoms with van der Waals surface area (Å²) in [4.78, 5) is 0. The normalized spacial score (nSPS) is 10.8. The number of hydrogen-bond acceptors (Lipinski definition) is 4. The molecule has 0 saturated heterocycles. The summed E-state index contributed by atoms with van der Waals surface area (Å²) in [6, 6.07) is 6.02. The van der Waals surface area contributed by atoms with Gasteiger partial charge in [0.2, 0.25) is 0 Å². The summed E-state index contributed by atoms with van der Waals surface area (Å²) in [6.45, 7) is 4.91. The van der Waals surface area contributed by atoms with Gasteiger partial charge in [-0.1, -0.05) is 6.07 Å². The highest BCUT2D eigenvalue weighted by molar-refractivity contribution is 5.59. The number of benzene rings is 1. The van der Waals surface area contributed by atoms with E-state index in [1.54, 1.807) is 19.6 Å². The molecule has 3 rings (SSSR count). The molecule has 6 heteroatoms. The first-order valence-corrected chi connectivity index (χ1v) is 6.80. The van der Waals surface area contributed by atoms with Crippen LogP contribution in [-0.2, 0) is 6.54 Å². The van der Waals surface area contributed by atoms with Gasteiger partial charge >= 0.3 is 0 Å². The fraction of sp³-hybridized carbons (Fsp3) is 0.267. The third-order valence-electron chi connectivity index (χ3n) is 3.36. The topological polar surface area (TPSA) is 57.8 Å². The molecule has 0 aliphatic heterocycles. The summed E-state index contributed by atoms with van der Waals surface area (Å²) in [6.07, 6.45) is 5.45. The van der Waals surface area contributed by atoms with Crippen molar-refractivity contribution in [3.63, 3.8) is 0 Å². The molecule has 21 heavy (non-hydrogen) atoms. The van der Waals surface area contributed by atoms with E-state index in [1.807, 2.05) is 41.4 Å².